The van der Waals surface area contributed by atoms with E-state index in [9.17, 15) is 16.8 Å². The lowest BCUT2D eigenvalue weighted by Crippen LogP contribution is -2.33. The molecule has 0 amide bonds. The van der Waals surface area contributed by atoms with E-state index in [0.29, 0.717) is 12.2 Å². The number of anilines is 1. The molecular weight excluding hydrogens is 316 g/mol. The molecule has 3 N–H and O–H groups in total. The number of aromatic nitrogens is 1. The molecule has 0 aliphatic heterocycles. The maximum atomic E-state index is 12.2. The smallest absolute Gasteiger partial charge is 0.260 e. The van der Waals surface area contributed by atoms with Gasteiger partial charge in [0.25, 0.3) is 10.0 Å². The molecule has 0 saturated heterocycles. The summed E-state index contributed by atoms with van der Waals surface area (Å²) in [6, 6.07) is 3.24. The average molecular weight is 336 g/mol. The Morgan fingerprint density at radius 1 is 1.19 bits per heavy atom. The molecule has 10 heteroatoms. The molecule has 1 rings (SSSR count). The molecule has 21 heavy (non-hydrogen) atoms. The summed E-state index contributed by atoms with van der Waals surface area (Å²) in [4.78, 5) is 3.86. The standard InChI is InChI=1S/C11H20N4O4S2/c1-3-6-13-10-5-4-7-14-11(10)21(18,19)15-8-9-20(16,17)12-2/h4-5,7,12-13,15H,3,6,8-9H2,1-2H3. The largest absolute Gasteiger partial charge is 0.383 e. The van der Waals surface area contributed by atoms with Crippen LogP contribution in [0.25, 0.3) is 0 Å². The van der Waals surface area contributed by atoms with Gasteiger partial charge < -0.3 is 5.32 Å². The van der Waals surface area contributed by atoms with E-state index in [1.165, 1.54) is 13.2 Å². The molecule has 0 aromatic carbocycles. The summed E-state index contributed by atoms with van der Waals surface area (Å²) < 4.78 is 51.2. The van der Waals surface area contributed by atoms with Crippen LogP contribution in [0.15, 0.2) is 23.4 Å². The SMILES string of the molecule is CCCNc1cccnc1S(=O)(=O)NCCS(=O)(=O)NC. The molecule has 0 atom stereocenters. The Kier molecular flexibility index (Phi) is 6.52. The Labute approximate surface area is 125 Å². The van der Waals surface area contributed by atoms with E-state index in [0.717, 1.165) is 6.42 Å². The van der Waals surface area contributed by atoms with Gasteiger partial charge in [0.1, 0.15) is 0 Å². The molecule has 0 radical (unpaired) electrons. The van der Waals surface area contributed by atoms with E-state index in [-0.39, 0.29) is 17.3 Å². The van der Waals surface area contributed by atoms with Gasteiger partial charge >= 0.3 is 0 Å². The highest BCUT2D eigenvalue weighted by Gasteiger charge is 2.20. The highest BCUT2D eigenvalue weighted by molar-refractivity contribution is 7.90. The van der Waals surface area contributed by atoms with Crippen LogP contribution >= 0.6 is 0 Å². The second-order valence-electron chi connectivity index (χ2n) is 4.20. The van der Waals surface area contributed by atoms with Gasteiger partial charge in [0.2, 0.25) is 10.0 Å². The lowest BCUT2D eigenvalue weighted by molar-refractivity contribution is 0.576. The predicted molar refractivity (Wildman–Crippen MR) is 81.1 cm³/mol. The molecule has 0 fully saturated rings. The molecular formula is C11H20N4O4S2. The first-order valence-corrected chi connectivity index (χ1v) is 9.55. The molecule has 0 aliphatic rings. The number of hydrogen-bond donors (Lipinski definition) is 3. The summed E-state index contributed by atoms with van der Waals surface area (Å²) in [7, 11) is -6.06. The number of pyridine rings is 1. The van der Waals surface area contributed by atoms with Gasteiger partial charge in [-0.05, 0) is 25.6 Å². The van der Waals surface area contributed by atoms with Crippen molar-refractivity contribution in [1.82, 2.24) is 14.4 Å². The summed E-state index contributed by atoms with van der Waals surface area (Å²) in [5, 5.41) is 2.84. The van der Waals surface area contributed by atoms with Crippen LogP contribution in [0, 0.1) is 0 Å². The monoisotopic (exact) mass is 336 g/mol. The second-order valence-corrected chi connectivity index (χ2v) is 7.93. The van der Waals surface area contributed by atoms with Gasteiger partial charge in [-0.1, -0.05) is 6.92 Å². The van der Waals surface area contributed by atoms with Crippen molar-refractivity contribution in [2.45, 2.75) is 18.4 Å². The van der Waals surface area contributed by atoms with Crippen molar-refractivity contribution in [3.05, 3.63) is 18.3 Å². The van der Waals surface area contributed by atoms with E-state index in [1.807, 2.05) is 6.92 Å². The summed E-state index contributed by atoms with van der Waals surface area (Å²) in [6.45, 7) is 2.34. The van der Waals surface area contributed by atoms with Crippen molar-refractivity contribution < 1.29 is 16.8 Å². The summed E-state index contributed by atoms with van der Waals surface area (Å²) in [6.07, 6.45) is 2.21. The molecule has 0 bridgehead atoms. The van der Waals surface area contributed by atoms with E-state index in [1.54, 1.807) is 12.1 Å². The molecule has 0 saturated carbocycles. The van der Waals surface area contributed by atoms with Crippen molar-refractivity contribution in [3.63, 3.8) is 0 Å². The molecule has 120 valence electrons. The normalized spacial score (nSPS) is 12.3. The predicted octanol–water partition coefficient (Wildman–Crippen LogP) is -0.269. The molecule has 0 aliphatic carbocycles. The van der Waals surface area contributed by atoms with Gasteiger partial charge in [0.15, 0.2) is 5.03 Å². The number of rotatable bonds is 9. The van der Waals surface area contributed by atoms with Gasteiger partial charge in [-0.15, -0.1) is 0 Å². The lowest BCUT2D eigenvalue weighted by Gasteiger charge is -2.11. The van der Waals surface area contributed by atoms with Gasteiger partial charge in [-0.2, -0.15) is 0 Å². The number of hydrogen-bond acceptors (Lipinski definition) is 6. The number of nitrogens with one attached hydrogen (secondary N) is 3. The molecule has 1 aromatic rings. The van der Waals surface area contributed by atoms with Crippen LogP contribution in [0.3, 0.4) is 0 Å². The van der Waals surface area contributed by atoms with Gasteiger partial charge in [0, 0.05) is 19.3 Å². The van der Waals surface area contributed by atoms with Crippen molar-refractivity contribution in [2.75, 3.05) is 31.2 Å². The van der Waals surface area contributed by atoms with Crippen LogP contribution < -0.4 is 14.8 Å². The molecule has 1 aromatic heterocycles. The molecule has 1 heterocycles. The van der Waals surface area contributed by atoms with Gasteiger partial charge in [-0.3, -0.25) is 0 Å². The van der Waals surface area contributed by atoms with Crippen LogP contribution in [0.1, 0.15) is 13.3 Å². The zero-order chi connectivity index (χ0) is 15.9. The minimum Gasteiger partial charge on any atom is -0.383 e. The van der Waals surface area contributed by atoms with Gasteiger partial charge in [-0.25, -0.2) is 31.3 Å². The van der Waals surface area contributed by atoms with Crippen LogP contribution in [-0.2, 0) is 20.0 Å². The van der Waals surface area contributed by atoms with E-state index in [4.69, 9.17) is 0 Å². The highest BCUT2D eigenvalue weighted by atomic mass is 32.2. The van der Waals surface area contributed by atoms with Crippen LogP contribution in [0.5, 0.6) is 0 Å². The Bertz CT molecular complexity index is 659. The summed E-state index contributed by atoms with van der Waals surface area (Å²) in [5.74, 6) is -0.340. The highest BCUT2D eigenvalue weighted by Crippen LogP contribution is 2.17. The van der Waals surface area contributed by atoms with Crippen molar-refractivity contribution >= 4 is 25.7 Å². The van der Waals surface area contributed by atoms with Crippen LogP contribution in [0.4, 0.5) is 5.69 Å². The van der Waals surface area contributed by atoms with E-state index in [2.05, 4.69) is 19.7 Å². The third-order valence-electron chi connectivity index (χ3n) is 2.57. The Morgan fingerprint density at radius 3 is 2.52 bits per heavy atom. The van der Waals surface area contributed by atoms with Crippen molar-refractivity contribution in [3.8, 4) is 0 Å². The fraction of sp³-hybridized carbons (Fsp3) is 0.545. The third kappa shape index (κ3) is 5.58. The fourth-order valence-electron chi connectivity index (χ4n) is 1.48. The van der Waals surface area contributed by atoms with Crippen LogP contribution in [0.2, 0.25) is 0 Å². The zero-order valence-electron chi connectivity index (χ0n) is 12.0. The van der Waals surface area contributed by atoms with Crippen molar-refractivity contribution in [2.24, 2.45) is 0 Å². The number of sulfonamides is 2. The topological polar surface area (TPSA) is 117 Å². The first-order chi connectivity index (χ1) is 9.82. The summed E-state index contributed by atoms with van der Waals surface area (Å²) in [5.41, 5.74) is 0.392. The third-order valence-corrected chi connectivity index (χ3v) is 5.35. The Balaban J connectivity index is 2.83. The van der Waals surface area contributed by atoms with Gasteiger partial charge in [0.05, 0.1) is 11.4 Å². The van der Waals surface area contributed by atoms with E-state index < -0.39 is 20.0 Å². The number of nitrogens with zero attached hydrogens (tertiary/aromatic N) is 1. The minimum absolute atomic E-state index is 0.139. The summed E-state index contributed by atoms with van der Waals surface area (Å²) >= 11 is 0. The quantitative estimate of drug-likeness (QED) is 0.571. The van der Waals surface area contributed by atoms with Crippen LogP contribution in [-0.4, -0.2) is 47.7 Å². The minimum atomic E-state index is -3.87. The average Bonchev–Trinajstić information content (AvgIpc) is 2.45. The van der Waals surface area contributed by atoms with E-state index >= 15 is 0 Å². The molecule has 0 unspecified atom stereocenters. The Hall–Kier alpha value is -1.23. The molecule has 8 nitrogen and oxygen atoms in total. The maximum absolute atomic E-state index is 12.2. The fourth-order valence-corrected chi connectivity index (χ4v) is 3.32. The second kappa shape index (κ2) is 7.69. The first-order valence-electron chi connectivity index (χ1n) is 6.42. The Morgan fingerprint density at radius 2 is 1.90 bits per heavy atom. The zero-order valence-corrected chi connectivity index (χ0v) is 13.6. The maximum Gasteiger partial charge on any atom is 0.260 e. The molecule has 0 spiro atoms. The van der Waals surface area contributed by atoms with Crippen molar-refractivity contribution in [1.29, 1.82) is 0 Å². The first kappa shape index (κ1) is 17.8. The lowest BCUT2D eigenvalue weighted by atomic mass is 10.4.